The number of piperazine rings is 1. The highest BCUT2D eigenvalue weighted by molar-refractivity contribution is 8.02. The number of hydrogen-bond acceptors (Lipinski definition) is 4. The third-order valence-electron chi connectivity index (χ3n) is 4.41. The van der Waals surface area contributed by atoms with E-state index >= 15 is 0 Å². The zero-order valence-corrected chi connectivity index (χ0v) is 15.8. The standard InChI is InChI=1S/C21H24N2O2S/c1-25-19-9-7-18(8-10-19)17-22-12-14-23(15-13-22)21(24)11-16-26-20-5-3-2-4-6-20/h2-11,16H,12-15,17H2,1H3/b16-11+. The lowest BCUT2D eigenvalue weighted by atomic mass is 10.2. The van der Waals surface area contributed by atoms with E-state index < -0.39 is 0 Å². The summed E-state index contributed by atoms with van der Waals surface area (Å²) in [4.78, 5) is 17.8. The summed E-state index contributed by atoms with van der Waals surface area (Å²) in [7, 11) is 1.68. The van der Waals surface area contributed by atoms with Crippen LogP contribution in [0.5, 0.6) is 5.75 Å². The first-order valence-corrected chi connectivity index (χ1v) is 9.65. The lowest BCUT2D eigenvalue weighted by molar-refractivity contribution is -0.127. The molecule has 0 atom stereocenters. The number of carbonyl (C=O) groups is 1. The predicted molar refractivity (Wildman–Crippen MR) is 106 cm³/mol. The summed E-state index contributed by atoms with van der Waals surface area (Å²) in [5.74, 6) is 0.974. The van der Waals surface area contributed by atoms with Crippen LogP contribution in [0.25, 0.3) is 0 Å². The van der Waals surface area contributed by atoms with E-state index in [4.69, 9.17) is 4.74 Å². The molecule has 0 spiro atoms. The molecule has 0 saturated carbocycles. The van der Waals surface area contributed by atoms with Gasteiger partial charge in [-0.25, -0.2) is 0 Å². The number of amides is 1. The van der Waals surface area contributed by atoms with Crippen LogP contribution >= 0.6 is 11.8 Å². The van der Waals surface area contributed by atoms with E-state index in [1.165, 1.54) is 5.56 Å². The lowest BCUT2D eigenvalue weighted by Crippen LogP contribution is -2.47. The van der Waals surface area contributed by atoms with Crippen LogP contribution in [0, 0.1) is 0 Å². The van der Waals surface area contributed by atoms with Gasteiger partial charge in [-0.05, 0) is 35.2 Å². The first-order valence-electron chi connectivity index (χ1n) is 8.77. The van der Waals surface area contributed by atoms with Crippen LogP contribution in [0.4, 0.5) is 0 Å². The van der Waals surface area contributed by atoms with Gasteiger partial charge in [-0.3, -0.25) is 9.69 Å². The maximum absolute atomic E-state index is 12.3. The molecule has 5 heteroatoms. The predicted octanol–water partition coefficient (Wildman–Crippen LogP) is 3.65. The normalized spacial score (nSPS) is 15.3. The number of ether oxygens (including phenoxy) is 1. The molecule has 1 saturated heterocycles. The van der Waals surface area contributed by atoms with Crippen LogP contribution in [0.1, 0.15) is 5.56 Å². The Kier molecular flexibility index (Phi) is 6.75. The van der Waals surface area contributed by atoms with Crippen molar-refractivity contribution in [1.29, 1.82) is 0 Å². The molecule has 1 aliphatic rings. The van der Waals surface area contributed by atoms with E-state index in [1.807, 2.05) is 52.8 Å². The molecule has 1 heterocycles. The fourth-order valence-electron chi connectivity index (χ4n) is 2.89. The van der Waals surface area contributed by atoms with Crippen LogP contribution in [0.2, 0.25) is 0 Å². The van der Waals surface area contributed by atoms with Crippen LogP contribution in [-0.2, 0) is 11.3 Å². The number of thioether (sulfide) groups is 1. The van der Waals surface area contributed by atoms with Crippen molar-refractivity contribution in [2.75, 3.05) is 33.3 Å². The van der Waals surface area contributed by atoms with Gasteiger partial charge in [-0.2, -0.15) is 0 Å². The van der Waals surface area contributed by atoms with E-state index in [0.29, 0.717) is 0 Å². The van der Waals surface area contributed by atoms with E-state index in [-0.39, 0.29) is 5.91 Å². The molecule has 136 valence electrons. The Bertz CT molecular complexity index is 723. The number of hydrogen-bond donors (Lipinski definition) is 0. The summed E-state index contributed by atoms with van der Waals surface area (Å²) in [5, 5.41) is 1.88. The summed E-state index contributed by atoms with van der Waals surface area (Å²) in [6, 6.07) is 18.2. The molecule has 2 aromatic carbocycles. The van der Waals surface area contributed by atoms with Crippen molar-refractivity contribution in [3.8, 4) is 5.75 Å². The zero-order valence-electron chi connectivity index (χ0n) is 15.0. The highest BCUT2D eigenvalue weighted by Crippen LogP contribution is 2.18. The van der Waals surface area contributed by atoms with Crippen LogP contribution < -0.4 is 4.74 Å². The van der Waals surface area contributed by atoms with Gasteiger partial charge in [-0.15, -0.1) is 0 Å². The maximum Gasteiger partial charge on any atom is 0.247 e. The molecule has 4 nitrogen and oxygen atoms in total. The second-order valence-electron chi connectivity index (χ2n) is 6.18. The number of methoxy groups -OCH3 is 1. The molecule has 3 rings (SSSR count). The minimum atomic E-state index is 0.0949. The van der Waals surface area contributed by atoms with E-state index in [0.717, 1.165) is 43.4 Å². The molecule has 0 unspecified atom stereocenters. The maximum atomic E-state index is 12.3. The summed E-state index contributed by atoms with van der Waals surface area (Å²) >= 11 is 1.57. The second kappa shape index (κ2) is 9.46. The Morgan fingerprint density at radius 1 is 1.04 bits per heavy atom. The van der Waals surface area contributed by atoms with Crippen molar-refractivity contribution in [2.24, 2.45) is 0 Å². The van der Waals surface area contributed by atoms with Crippen molar-refractivity contribution >= 4 is 17.7 Å². The fourth-order valence-corrected chi connectivity index (χ4v) is 3.55. The summed E-state index contributed by atoms with van der Waals surface area (Å²) in [6.45, 7) is 4.26. The molecule has 0 aromatic heterocycles. The summed E-state index contributed by atoms with van der Waals surface area (Å²) in [6.07, 6.45) is 1.68. The Labute approximate surface area is 159 Å². The average Bonchev–Trinajstić information content (AvgIpc) is 2.70. The Balaban J connectivity index is 1.43. The van der Waals surface area contributed by atoms with E-state index in [2.05, 4.69) is 17.0 Å². The smallest absolute Gasteiger partial charge is 0.247 e. The van der Waals surface area contributed by atoms with Gasteiger partial charge in [-0.1, -0.05) is 42.1 Å². The third-order valence-corrected chi connectivity index (χ3v) is 5.22. The Hall–Kier alpha value is -2.24. The molecule has 1 amide bonds. The average molecular weight is 369 g/mol. The van der Waals surface area contributed by atoms with Crippen molar-refractivity contribution in [3.05, 3.63) is 71.6 Å². The molecular weight excluding hydrogens is 344 g/mol. The van der Waals surface area contributed by atoms with Gasteiger partial charge in [0.15, 0.2) is 0 Å². The van der Waals surface area contributed by atoms with Crippen LogP contribution in [-0.4, -0.2) is 49.0 Å². The van der Waals surface area contributed by atoms with Crippen molar-refractivity contribution < 1.29 is 9.53 Å². The molecular formula is C21H24N2O2S. The Morgan fingerprint density at radius 2 is 1.73 bits per heavy atom. The number of benzene rings is 2. The van der Waals surface area contributed by atoms with Crippen LogP contribution in [0.3, 0.4) is 0 Å². The molecule has 0 aliphatic carbocycles. The largest absolute Gasteiger partial charge is 0.497 e. The number of rotatable bonds is 6. The summed E-state index contributed by atoms with van der Waals surface area (Å²) in [5.41, 5.74) is 1.27. The van der Waals surface area contributed by atoms with E-state index in [9.17, 15) is 4.79 Å². The lowest BCUT2D eigenvalue weighted by Gasteiger charge is -2.34. The molecule has 2 aromatic rings. The first kappa shape index (κ1) is 18.5. The highest BCUT2D eigenvalue weighted by Gasteiger charge is 2.19. The minimum Gasteiger partial charge on any atom is -0.497 e. The molecule has 0 radical (unpaired) electrons. The molecule has 26 heavy (non-hydrogen) atoms. The van der Waals surface area contributed by atoms with Gasteiger partial charge < -0.3 is 9.64 Å². The highest BCUT2D eigenvalue weighted by atomic mass is 32.2. The second-order valence-corrected chi connectivity index (χ2v) is 7.16. The molecule has 0 bridgehead atoms. The zero-order chi connectivity index (χ0) is 18.2. The first-order chi connectivity index (χ1) is 12.7. The van der Waals surface area contributed by atoms with Gasteiger partial charge >= 0.3 is 0 Å². The van der Waals surface area contributed by atoms with E-state index in [1.54, 1.807) is 24.9 Å². The van der Waals surface area contributed by atoms with Gasteiger partial charge in [0.05, 0.1) is 7.11 Å². The number of nitrogens with zero attached hydrogens (tertiary/aromatic N) is 2. The minimum absolute atomic E-state index is 0.0949. The third kappa shape index (κ3) is 5.38. The molecule has 0 N–H and O–H groups in total. The topological polar surface area (TPSA) is 32.8 Å². The summed E-state index contributed by atoms with van der Waals surface area (Å²) < 4.78 is 5.19. The quantitative estimate of drug-likeness (QED) is 0.576. The monoisotopic (exact) mass is 368 g/mol. The van der Waals surface area contributed by atoms with Gasteiger partial charge in [0.1, 0.15) is 5.75 Å². The van der Waals surface area contributed by atoms with Gasteiger partial charge in [0, 0.05) is 43.7 Å². The van der Waals surface area contributed by atoms with Gasteiger partial charge in [0.25, 0.3) is 0 Å². The Morgan fingerprint density at radius 3 is 2.38 bits per heavy atom. The SMILES string of the molecule is COc1ccc(CN2CCN(C(=O)/C=C/Sc3ccccc3)CC2)cc1. The molecule has 1 fully saturated rings. The van der Waals surface area contributed by atoms with Crippen molar-refractivity contribution in [3.63, 3.8) is 0 Å². The van der Waals surface area contributed by atoms with Crippen molar-refractivity contribution in [1.82, 2.24) is 9.80 Å². The van der Waals surface area contributed by atoms with Crippen molar-refractivity contribution in [2.45, 2.75) is 11.4 Å². The fraction of sp³-hybridized carbons (Fsp3) is 0.286. The van der Waals surface area contributed by atoms with Gasteiger partial charge in [0.2, 0.25) is 5.91 Å². The molecule has 1 aliphatic heterocycles. The number of carbonyl (C=O) groups excluding carboxylic acids is 1. The van der Waals surface area contributed by atoms with Crippen LogP contribution in [0.15, 0.2) is 71.0 Å².